The molecule has 2 aromatic carbocycles. The third kappa shape index (κ3) is 4.56. The lowest BCUT2D eigenvalue weighted by Gasteiger charge is -2.16. The van der Waals surface area contributed by atoms with Crippen molar-refractivity contribution in [2.75, 3.05) is 0 Å². The Hall–Kier alpha value is 0.150. The molecule has 0 heterocycles. The predicted octanol–water partition coefficient (Wildman–Crippen LogP) is 6.29. The zero-order valence-electron chi connectivity index (χ0n) is 10.1. The fraction of sp³-hybridized carbons (Fsp3) is 0. The van der Waals surface area contributed by atoms with Crippen molar-refractivity contribution in [2.45, 2.75) is 0 Å². The van der Waals surface area contributed by atoms with E-state index in [0.29, 0.717) is 17.9 Å². The number of hydrogen-bond donors (Lipinski definition) is 1. The Morgan fingerprint density at radius 3 is 1.57 bits per heavy atom. The Morgan fingerprint density at radius 1 is 0.810 bits per heavy atom. The standard InChI is InChI=1S/C12H7Br4O4P/c13-7-3-1-5-9(11(7)15)19-21(17,18)20-10-6-2-4-8(14)12(10)16/h1-6H,(H,17,18). The number of phosphoric ester groups is 1. The largest absolute Gasteiger partial charge is 0.584 e. The third-order valence-corrected chi connectivity index (χ3v) is 7.14. The highest BCUT2D eigenvalue weighted by atomic mass is 79.9. The molecule has 0 saturated carbocycles. The van der Waals surface area contributed by atoms with Gasteiger partial charge in [0, 0.05) is 8.95 Å². The van der Waals surface area contributed by atoms with E-state index in [0.717, 1.165) is 0 Å². The average molecular weight is 566 g/mol. The maximum Gasteiger partial charge on any atom is 0.584 e. The summed E-state index contributed by atoms with van der Waals surface area (Å²) in [4.78, 5) is 9.89. The van der Waals surface area contributed by atoms with Crippen LogP contribution in [-0.4, -0.2) is 4.89 Å². The molecule has 0 spiro atoms. The van der Waals surface area contributed by atoms with Crippen LogP contribution in [0.4, 0.5) is 0 Å². The van der Waals surface area contributed by atoms with Gasteiger partial charge in [-0.1, -0.05) is 12.1 Å². The Labute approximate surface area is 155 Å². The first-order valence-corrected chi connectivity index (χ1v) is 10.1. The molecule has 9 heteroatoms. The monoisotopic (exact) mass is 562 g/mol. The minimum atomic E-state index is -4.33. The van der Waals surface area contributed by atoms with Crippen LogP contribution in [0.3, 0.4) is 0 Å². The third-order valence-electron chi connectivity index (χ3n) is 2.26. The van der Waals surface area contributed by atoms with Crippen molar-refractivity contribution in [1.29, 1.82) is 0 Å². The van der Waals surface area contributed by atoms with Crippen LogP contribution in [0.2, 0.25) is 0 Å². The molecule has 0 radical (unpaired) electrons. The van der Waals surface area contributed by atoms with Gasteiger partial charge in [-0.05, 0) is 88.0 Å². The molecule has 2 rings (SSSR count). The predicted molar refractivity (Wildman–Crippen MR) is 94.8 cm³/mol. The quantitative estimate of drug-likeness (QED) is 0.443. The van der Waals surface area contributed by atoms with E-state index in [4.69, 9.17) is 9.05 Å². The van der Waals surface area contributed by atoms with Gasteiger partial charge >= 0.3 is 7.82 Å². The lowest BCUT2D eigenvalue weighted by atomic mass is 10.3. The minimum absolute atomic E-state index is 0.196. The van der Waals surface area contributed by atoms with E-state index in [1.165, 1.54) is 0 Å². The Kier molecular flexibility index (Phi) is 5.96. The lowest BCUT2D eigenvalue weighted by molar-refractivity contribution is 0.289. The molecule has 0 aliphatic carbocycles. The van der Waals surface area contributed by atoms with Crippen molar-refractivity contribution >= 4 is 71.5 Å². The highest BCUT2D eigenvalue weighted by Crippen LogP contribution is 2.49. The molecule has 2 aromatic rings. The van der Waals surface area contributed by atoms with E-state index in [9.17, 15) is 9.46 Å². The van der Waals surface area contributed by atoms with Gasteiger partial charge in [-0.25, -0.2) is 4.57 Å². The number of phosphoric acid groups is 1. The molecule has 1 N–H and O–H groups in total. The molecule has 0 saturated heterocycles. The number of halogens is 4. The van der Waals surface area contributed by atoms with E-state index in [1.807, 2.05) is 0 Å². The molecule has 0 aliphatic rings. The number of benzene rings is 2. The second-order valence-electron chi connectivity index (χ2n) is 3.76. The first-order chi connectivity index (χ1) is 9.80. The van der Waals surface area contributed by atoms with E-state index in [2.05, 4.69) is 63.7 Å². The lowest BCUT2D eigenvalue weighted by Crippen LogP contribution is -2.01. The number of hydrogen-bond acceptors (Lipinski definition) is 3. The maximum absolute atomic E-state index is 12.1. The van der Waals surface area contributed by atoms with Crippen LogP contribution in [0, 0.1) is 0 Å². The normalized spacial score (nSPS) is 11.3. The molecular weight excluding hydrogens is 559 g/mol. The number of rotatable bonds is 4. The summed E-state index contributed by atoms with van der Waals surface area (Å²) in [5, 5.41) is 0. The van der Waals surface area contributed by atoms with Crippen LogP contribution in [0.5, 0.6) is 11.5 Å². The topological polar surface area (TPSA) is 55.8 Å². The van der Waals surface area contributed by atoms with E-state index in [-0.39, 0.29) is 11.5 Å². The summed E-state index contributed by atoms with van der Waals surface area (Å²) >= 11 is 13.1. The molecule has 21 heavy (non-hydrogen) atoms. The van der Waals surface area contributed by atoms with Crippen molar-refractivity contribution in [1.82, 2.24) is 0 Å². The minimum Gasteiger partial charge on any atom is -0.394 e. The van der Waals surface area contributed by atoms with Crippen molar-refractivity contribution < 1.29 is 18.5 Å². The van der Waals surface area contributed by atoms with Gasteiger partial charge in [0.1, 0.15) is 11.5 Å². The van der Waals surface area contributed by atoms with Crippen LogP contribution >= 0.6 is 71.5 Å². The summed E-state index contributed by atoms with van der Waals surface area (Å²) < 4.78 is 24.7. The summed E-state index contributed by atoms with van der Waals surface area (Å²) in [5.74, 6) is 0.391. The smallest absolute Gasteiger partial charge is 0.394 e. The first-order valence-electron chi connectivity index (χ1n) is 5.40. The summed E-state index contributed by atoms with van der Waals surface area (Å²) in [7, 11) is -4.33. The van der Waals surface area contributed by atoms with E-state index < -0.39 is 7.82 Å². The molecule has 4 nitrogen and oxygen atoms in total. The highest BCUT2D eigenvalue weighted by molar-refractivity contribution is 9.13. The second kappa shape index (κ2) is 7.15. The molecule has 0 amide bonds. The van der Waals surface area contributed by atoms with Gasteiger partial charge in [0.2, 0.25) is 0 Å². The fourth-order valence-electron chi connectivity index (χ4n) is 1.38. The van der Waals surface area contributed by atoms with Gasteiger partial charge in [0.05, 0.1) is 8.95 Å². The van der Waals surface area contributed by atoms with E-state index >= 15 is 0 Å². The molecular formula is C12H7Br4O4P. The highest BCUT2D eigenvalue weighted by Gasteiger charge is 2.27. The summed E-state index contributed by atoms with van der Waals surface area (Å²) in [6, 6.07) is 10.0. The summed E-state index contributed by atoms with van der Waals surface area (Å²) in [5.41, 5.74) is 0. The van der Waals surface area contributed by atoms with Crippen LogP contribution in [0.25, 0.3) is 0 Å². The van der Waals surface area contributed by atoms with Gasteiger partial charge in [-0.15, -0.1) is 0 Å². The molecule has 112 valence electrons. The molecule has 0 fully saturated rings. The Bertz CT molecular complexity index is 665. The maximum atomic E-state index is 12.1. The SMILES string of the molecule is O=P(O)(Oc1cccc(Br)c1Br)Oc1cccc(Br)c1Br. The van der Waals surface area contributed by atoms with Crippen molar-refractivity contribution in [3.05, 3.63) is 54.3 Å². The zero-order valence-corrected chi connectivity index (χ0v) is 17.3. The summed E-state index contributed by atoms with van der Waals surface area (Å²) in [6.07, 6.45) is 0. The van der Waals surface area contributed by atoms with Crippen molar-refractivity contribution in [3.8, 4) is 11.5 Å². The second-order valence-corrected chi connectivity index (χ2v) is 8.35. The van der Waals surface area contributed by atoms with Crippen LogP contribution in [0.1, 0.15) is 0 Å². The Morgan fingerprint density at radius 2 is 1.19 bits per heavy atom. The average Bonchev–Trinajstić information content (AvgIpc) is 2.40. The fourth-order valence-corrected chi connectivity index (χ4v) is 3.85. The molecule has 0 bridgehead atoms. The van der Waals surface area contributed by atoms with Gasteiger partial charge in [-0.2, -0.15) is 0 Å². The summed E-state index contributed by atoms with van der Waals surface area (Å²) in [6.45, 7) is 0. The van der Waals surface area contributed by atoms with E-state index in [1.54, 1.807) is 36.4 Å². The van der Waals surface area contributed by atoms with Crippen molar-refractivity contribution in [3.63, 3.8) is 0 Å². The van der Waals surface area contributed by atoms with Gasteiger partial charge in [0.25, 0.3) is 0 Å². The van der Waals surface area contributed by atoms with Crippen LogP contribution in [0.15, 0.2) is 54.3 Å². The molecule has 0 aliphatic heterocycles. The van der Waals surface area contributed by atoms with Gasteiger partial charge in [0.15, 0.2) is 0 Å². The molecule has 0 aromatic heterocycles. The zero-order chi connectivity index (χ0) is 15.6. The Balaban J connectivity index is 2.25. The van der Waals surface area contributed by atoms with Crippen molar-refractivity contribution in [2.24, 2.45) is 0 Å². The molecule has 0 atom stereocenters. The first kappa shape index (κ1) is 17.5. The molecule has 0 unspecified atom stereocenters. The van der Waals surface area contributed by atoms with Gasteiger partial charge in [-0.3, -0.25) is 4.89 Å². The van der Waals surface area contributed by atoms with Gasteiger partial charge < -0.3 is 9.05 Å². The van der Waals surface area contributed by atoms with Crippen LogP contribution < -0.4 is 9.05 Å². The van der Waals surface area contributed by atoms with Crippen LogP contribution in [-0.2, 0) is 4.57 Å².